The molecule has 0 amide bonds. The summed E-state index contributed by atoms with van der Waals surface area (Å²) in [6, 6.07) is 15.8. The van der Waals surface area contributed by atoms with Crippen molar-refractivity contribution in [3.8, 4) is 11.5 Å². The molecule has 4 aromatic rings. The Balaban J connectivity index is 0.000000333. The average molecular weight is 673 g/mol. The molecule has 0 radical (unpaired) electrons. The number of ether oxygens (including phenoxy) is 2. The molecule has 0 aliphatic rings. The van der Waals surface area contributed by atoms with E-state index >= 15 is 0 Å². The minimum atomic E-state index is -0.965. The van der Waals surface area contributed by atoms with Crippen LogP contribution in [0.2, 0.25) is 0 Å². The lowest BCUT2D eigenvalue weighted by Gasteiger charge is -2.15. The number of benzene rings is 2. The molecule has 7 nitrogen and oxygen atoms in total. The van der Waals surface area contributed by atoms with Crippen LogP contribution in [0.5, 0.6) is 11.5 Å². The quantitative estimate of drug-likeness (QED) is 0.0933. The van der Waals surface area contributed by atoms with Crippen molar-refractivity contribution in [3.63, 3.8) is 0 Å². The second-order valence-corrected chi connectivity index (χ2v) is 12.8. The molecule has 268 valence electrons. The third-order valence-corrected chi connectivity index (χ3v) is 8.65. The van der Waals surface area contributed by atoms with E-state index in [4.69, 9.17) is 24.5 Å². The van der Waals surface area contributed by atoms with Gasteiger partial charge in [0.2, 0.25) is 0 Å². The lowest BCUT2D eigenvalue weighted by molar-refractivity contribution is -0.139. The Morgan fingerprint density at radius 1 is 0.612 bits per heavy atom. The normalized spacial score (nSPS) is 10.7. The summed E-state index contributed by atoms with van der Waals surface area (Å²) in [5, 5.41) is 10.8. The summed E-state index contributed by atoms with van der Waals surface area (Å²) in [5.41, 5.74) is 5.96. The maximum Gasteiger partial charge on any atom is 0.341 e. The SMILES string of the molecule is C.CCCCCCCCc1nc2ccccc2c(OCC(=O)O)c1C.CCCCCCCCc1nc2ccccc2c(OCC(C)=O)c1C. The summed E-state index contributed by atoms with van der Waals surface area (Å²) in [5.74, 6) is 0.543. The Kier molecular flexibility index (Phi) is 19.0. The van der Waals surface area contributed by atoms with E-state index in [-0.39, 0.29) is 26.4 Å². The number of aryl methyl sites for hydroxylation is 2. The fourth-order valence-electron chi connectivity index (χ4n) is 5.96. The van der Waals surface area contributed by atoms with Gasteiger partial charge in [-0.05, 0) is 70.7 Å². The number of ketones is 1. The minimum Gasteiger partial charge on any atom is -0.485 e. The number of carboxylic acids is 1. The summed E-state index contributed by atoms with van der Waals surface area (Å²) in [6.07, 6.45) is 17.0. The van der Waals surface area contributed by atoms with E-state index in [9.17, 15) is 9.59 Å². The molecule has 0 saturated heterocycles. The molecule has 1 N–H and O–H groups in total. The number of carbonyl (C=O) groups excluding carboxylic acids is 1. The van der Waals surface area contributed by atoms with Crippen LogP contribution in [-0.4, -0.2) is 40.0 Å². The van der Waals surface area contributed by atoms with Gasteiger partial charge in [-0.3, -0.25) is 14.8 Å². The van der Waals surface area contributed by atoms with Gasteiger partial charge in [-0.25, -0.2) is 4.79 Å². The molecule has 0 fully saturated rings. The maximum absolute atomic E-state index is 11.3. The molecule has 0 unspecified atom stereocenters. The van der Waals surface area contributed by atoms with Gasteiger partial charge in [-0.2, -0.15) is 0 Å². The molecule has 0 bridgehead atoms. The highest BCUT2D eigenvalue weighted by molar-refractivity contribution is 5.88. The summed E-state index contributed by atoms with van der Waals surface area (Å²) in [4.78, 5) is 31.8. The average Bonchev–Trinajstić information content (AvgIpc) is 3.07. The number of aromatic nitrogens is 2. The third kappa shape index (κ3) is 13.4. The fourth-order valence-corrected chi connectivity index (χ4v) is 5.96. The van der Waals surface area contributed by atoms with E-state index in [2.05, 4.69) is 20.8 Å². The van der Waals surface area contributed by atoms with Gasteiger partial charge < -0.3 is 14.6 Å². The van der Waals surface area contributed by atoms with Crippen molar-refractivity contribution in [2.75, 3.05) is 13.2 Å². The topological polar surface area (TPSA) is 98.6 Å². The molecule has 49 heavy (non-hydrogen) atoms. The van der Waals surface area contributed by atoms with E-state index in [0.717, 1.165) is 75.8 Å². The lowest BCUT2D eigenvalue weighted by Crippen LogP contribution is -2.11. The van der Waals surface area contributed by atoms with Crippen molar-refractivity contribution >= 4 is 33.6 Å². The summed E-state index contributed by atoms with van der Waals surface area (Å²) in [6.45, 7) is 9.84. The van der Waals surface area contributed by atoms with Crippen molar-refractivity contribution in [1.82, 2.24) is 9.97 Å². The smallest absolute Gasteiger partial charge is 0.341 e. The summed E-state index contributed by atoms with van der Waals surface area (Å²) < 4.78 is 11.4. The molecular formula is C42H60N2O5. The first-order valence-electron chi connectivity index (χ1n) is 18.0. The van der Waals surface area contributed by atoms with Gasteiger partial charge in [-0.15, -0.1) is 0 Å². The third-order valence-electron chi connectivity index (χ3n) is 8.65. The standard InChI is InChI=1S/C21H29NO2.C20H27NO3.CH4/c1-4-5-6-7-8-9-13-19-17(3)21(24-15-16(2)23)18-12-10-11-14-20(18)22-19;1-3-4-5-6-7-8-12-17-15(2)20(24-14-19(22)23)16-11-9-10-13-18(16)21-17;/h10-12,14H,4-9,13,15H2,1-3H3;9-11,13H,3-8,12,14H2,1-2H3,(H,22,23);1H4. The van der Waals surface area contributed by atoms with Crippen LogP contribution < -0.4 is 9.47 Å². The zero-order valence-electron chi connectivity index (χ0n) is 29.9. The van der Waals surface area contributed by atoms with Crippen molar-refractivity contribution in [1.29, 1.82) is 0 Å². The van der Waals surface area contributed by atoms with Gasteiger partial charge in [0.25, 0.3) is 0 Å². The van der Waals surface area contributed by atoms with Crippen LogP contribution in [0.4, 0.5) is 0 Å². The number of fused-ring (bicyclic) bond motifs is 2. The predicted octanol–water partition coefficient (Wildman–Crippen LogP) is 11.0. The predicted molar refractivity (Wildman–Crippen MR) is 203 cm³/mol. The van der Waals surface area contributed by atoms with E-state index in [1.54, 1.807) is 6.92 Å². The van der Waals surface area contributed by atoms with Gasteiger partial charge in [0, 0.05) is 33.3 Å². The van der Waals surface area contributed by atoms with Gasteiger partial charge in [0.05, 0.1) is 11.0 Å². The van der Waals surface area contributed by atoms with Gasteiger partial charge in [0.1, 0.15) is 18.1 Å². The zero-order chi connectivity index (χ0) is 34.7. The second kappa shape index (κ2) is 22.6. The van der Waals surface area contributed by atoms with E-state index in [0.29, 0.717) is 5.75 Å². The van der Waals surface area contributed by atoms with Gasteiger partial charge in [0.15, 0.2) is 12.4 Å². The molecule has 2 aromatic carbocycles. The van der Waals surface area contributed by atoms with E-state index in [1.807, 2.05) is 55.5 Å². The van der Waals surface area contributed by atoms with Crippen LogP contribution in [0.25, 0.3) is 21.8 Å². The van der Waals surface area contributed by atoms with Crippen molar-refractivity contribution in [2.45, 2.75) is 132 Å². The molecule has 0 aliphatic carbocycles. The molecule has 0 aliphatic heterocycles. The van der Waals surface area contributed by atoms with Crippen LogP contribution in [0.3, 0.4) is 0 Å². The number of hydrogen-bond acceptors (Lipinski definition) is 6. The number of rotatable bonds is 20. The molecule has 0 atom stereocenters. The van der Waals surface area contributed by atoms with Gasteiger partial charge >= 0.3 is 5.97 Å². The molecule has 2 aromatic heterocycles. The Hall–Kier alpha value is -4.00. The zero-order valence-corrected chi connectivity index (χ0v) is 29.9. The molecule has 7 heteroatoms. The molecule has 2 heterocycles. The number of aliphatic carboxylic acids is 1. The second-order valence-electron chi connectivity index (χ2n) is 12.8. The number of Topliss-reactive ketones (excluding diaryl/α,β-unsaturated/α-hetero) is 1. The Labute approximate surface area is 294 Å². The Morgan fingerprint density at radius 3 is 1.41 bits per heavy atom. The van der Waals surface area contributed by atoms with Crippen LogP contribution in [0, 0.1) is 13.8 Å². The number of carboxylic acid groups (broad SMARTS) is 1. The van der Waals surface area contributed by atoms with Crippen molar-refractivity contribution < 1.29 is 24.2 Å². The highest BCUT2D eigenvalue weighted by Gasteiger charge is 2.15. The molecule has 0 saturated carbocycles. The van der Waals surface area contributed by atoms with Crippen molar-refractivity contribution in [3.05, 3.63) is 71.0 Å². The molecular weight excluding hydrogens is 612 g/mol. The summed E-state index contributed by atoms with van der Waals surface area (Å²) >= 11 is 0. The maximum atomic E-state index is 11.3. The number of para-hydroxylation sites is 2. The first-order valence-corrected chi connectivity index (χ1v) is 18.0. The number of unbranched alkanes of at least 4 members (excludes halogenated alkanes) is 10. The van der Waals surface area contributed by atoms with Crippen LogP contribution in [0.15, 0.2) is 48.5 Å². The highest BCUT2D eigenvalue weighted by Crippen LogP contribution is 2.32. The highest BCUT2D eigenvalue weighted by atomic mass is 16.5. The molecule has 0 spiro atoms. The van der Waals surface area contributed by atoms with Crippen molar-refractivity contribution in [2.24, 2.45) is 0 Å². The van der Waals surface area contributed by atoms with Crippen LogP contribution in [0.1, 0.15) is 128 Å². The van der Waals surface area contributed by atoms with Crippen LogP contribution >= 0.6 is 0 Å². The largest absolute Gasteiger partial charge is 0.485 e. The fraction of sp³-hybridized carbons (Fsp3) is 0.524. The first kappa shape index (κ1) is 41.2. The Morgan fingerprint density at radius 2 is 1.00 bits per heavy atom. The van der Waals surface area contributed by atoms with E-state index < -0.39 is 5.97 Å². The lowest BCUT2D eigenvalue weighted by atomic mass is 10.0. The first-order chi connectivity index (χ1) is 23.3. The van der Waals surface area contributed by atoms with Crippen LogP contribution in [-0.2, 0) is 22.4 Å². The van der Waals surface area contributed by atoms with Gasteiger partial charge in [-0.1, -0.05) is 110 Å². The minimum absolute atomic E-state index is 0. The molecule has 4 rings (SSSR count). The number of nitrogens with zero attached hydrogens (tertiary/aromatic N) is 2. The number of carbonyl (C=O) groups is 2. The Bertz CT molecular complexity index is 1480. The summed E-state index contributed by atoms with van der Waals surface area (Å²) in [7, 11) is 0. The number of hydrogen-bond donors (Lipinski definition) is 1. The monoisotopic (exact) mass is 672 g/mol. The number of pyridine rings is 2. The van der Waals surface area contributed by atoms with E-state index in [1.165, 1.54) is 64.2 Å².